The van der Waals surface area contributed by atoms with Crippen LogP contribution in [0.4, 0.5) is 10.5 Å². The van der Waals surface area contributed by atoms with Gasteiger partial charge in [0, 0.05) is 11.5 Å². The van der Waals surface area contributed by atoms with E-state index >= 15 is 0 Å². The van der Waals surface area contributed by atoms with E-state index in [1.165, 1.54) is 24.1 Å². The number of terminal acetylenes is 1. The van der Waals surface area contributed by atoms with Gasteiger partial charge in [0.15, 0.2) is 0 Å². The lowest BCUT2D eigenvalue weighted by Gasteiger charge is -2.16. The Hall–Kier alpha value is -2.00. The normalized spacial score (nSPS) is 9.39. The maximum Gasteiger partial charge on any atom is 0.337 e. The van der Waals surface area contributed by atoms with Crippen molar-refractivity contribution in [3.63, 3.8) is 0 Å². The van der Waals surface area contributed by atoms with Crippen LogP contribution < -0.4 is 5.32 Å². The molecule has 2 N–H and O–H groups in total. The zero-order chi connectivity index (χ0) is 13.7. The molecule has 5 nitrogen and oxygen atoms in total. The average molecular weight is 311 g/mol. The molecule has 6 heteroatoms. The minimum absolute atomic E-state index is 0.00633. The molecule has 0 aliphatic rings. The summed E-state index contributed by atoms with van der Waals surface area (Å²) in [7, 11) is 1.52. The van der Waals surface area contributed by atoms with Crippen LogP contribution in [-0.2, 0) is 0 Å². The molecule has 18 heavy (non-hydrogen) atoms. The van der Waals surface area contributed by atoms with E-state index in [9.17, 15) is 9.59 Å². The summed E-state index contributed by atoms with van der Waals surface area (Å²) in [6, 6.07) is 4.11. The number of benzene rings is 1. The standard InChI is InChI=1S/C12H11BrN2O3/c1-3-6-15(2)12(18)14-10-5-4-8(13)7-9(10)11(16)17/h1,4-5,7H,6H2,2H3,(H,14,18)(H,16,17). The highest BCUT2D eigenvalue weighted by Gasteiger charge is 2.14. The summed E-state index contributed by atoms with van der Waals surface area (Å²) in [6.45, 7) is 0.144. The molecule has 0 aromatic heterocycles. The molecule has 0 aliphatic heterocycles. The maximum atomic E-state index is 11.7. The molecule has 1 aromatic rings. The van der Waals surface area contributed by atoms with Gasteiger partial charge in [-0.1, -0.05) is 21.9 Å². The second-order valence-corrected chi connectivity index (χ2v) is 4.40. The second kappa shape index (κ2) is 6.07. The molecule has 2 amide bonds. The van der Waals surface area contributed by atoms with Crippen molar-refractivity contribution in [1.29, 1.82) is 0 Å². The first-order valence-electron chi connectivity index (χ1n) is 4.94. The number of rotatable bonds is 3. The molecule has 1 rings (SSSR count). The Balaban J connectivity index is 2.95. The number of carboxylic acids is 1. The van der Waals surface area contributed by atoms with E-state index < -0.39 is 12.0 Å². The molecular formula is C12H11BrN2O3. The summed E-state index contributed by atoms with van der Waals surface area (Å²) in [5, 5.41) is 11.5. The van der Waals surface area contributed by atoms with Crippen LogP contribution in [-0.4, -0.2) is 35.6 Å². The highest BCUT2D eigenvalue weighted by Crippen LogP contribution is 2.21. The zero-order valence-corrected chi connectivity index (χ0v) is 11.2. The fourth-order valence-corrected chi connectivity index (χ4v) is 1.58. The zero-order valence-electron chi connectivity index (χ0n) is 9.61. The monoisotopic (exact) mass is 310 g/mol. The number of nitrogens with one attached hydrogen (secondary N) is 1. The molecule has 0 saturated carbocycles. The first-order valence-corrected chi connectivity index (χ1v) is 5.73. The van der Waals surface area contributed by atoms with Gasteiger partial charge in [0.2, 0.25) is 0 Å². The summed E-state index contributed by atoms with van der Waals surface area (Å²) >= 11 is 3.17. The van der Waals surface area contributed by atoms with Crippen LogP contribution in [0.25, 0.3) is 0 Å². The number of carbonyl (C=O) groups excluding carboxylic acids is 1. The van der Waals surface area contributed by atoms with E-state index in [4.69, 9.17) is 11.5 Å². The molecule has 0 saturated heterocycles. The van der Waals surface area contributed by atoms with Gasteiger partial charge < -0.3 is 15.3 Å². The molecule has 0 unspecified atom stereocenters. The quantitative estimate of drug-likeness (QED) is 0.841. The van der Waals surface area contributed by atoms with Gasteiger partial charge in [-0.2, -0.15) is 0 Å². The first-order chi connectivity index (χ1) is 8.45. The van der Waals surface area contributed by atoms with E-state index in [0.29, 0.717) is 4.47 Å². The Kier molecular flexibility index (Phi) is 4.75. The van der Waals surface area contributed by atoms with Gasteiger partial charge >= 0.3 is 12.0 Å². The lowest BCUT2D eigenvalue weighted by Crippen LogP contribution is -2.32. The number of halogens is 1. The minimum Gasteiger partial charge on any atom is -0.478 e. The summed E-state index contributed by atoms with van der Waals surface area (Å²) in [5.74, 6) is 1.20. The van der Waals surface area contributed by atoms with Gasteiger partial charge in [-0.25, -0.2) is 9.59 Å². The molecule has 0 atom stereocenters. The van der Waals surface area contributed by atoms with Gasteiger partial charge in [-0.15, -0.1) is 6.42 Å². The number of amides is 2. The minimum atomic E-state index is -1.12. The van der Waals surface area contributed by atoms with Gasteiger partial charge in [-0.3, -0.25) is 0 Å². The number of hydrogen-bond acceptors (Lipinski definition) is 2. The van der Waals surface area contributed by atoms with E-state index in [0.717, 1.165) is 0 Å². The highest BCUT2D eigenvalue weighted by molar-refractivity contribution is 9.10. The number of urea groups is 1. The van der Waals surface area contributed by atoms with E-state index in [-0.39, 0.29) is 17.8 Å². The third-order valence-corrected chi connectivity index (χ3v) is 2.62. The lowest BCUT2D eigenvalue weighted by molar-refractivity contribution is 0.0698. The maximum absolute atomic E-state index is 11.7. The number of anilines is 1. The van der Waals surface area contributed by atoms with Crippen molar-refractivity contribution < 1.29 is 14.7 Å². The Morgan fingerprint density at radius 2 is 2.22 bits per heavy atom. The van der Waals surface area contributed by atoms with Gasteiger partial charge in [-0.05, 0) is 18.2 Å². The van der Waals surface area contributed by atoms with Crippen molar-refractivity contribution in [2.75, 3.05) is 18.9 Å². The largest absolute Gasteiger partial charge is 0.478 e. The molecular weight excluding hydrogens is 300 g/mol. The second-order valence-electron chi connectivity index (χ2n) is 3.49. The van der Waals surface area contributed by atoms with Crippen molar-refractivity contribution in [2.24, 2.45) is 0 Å². The Bertz CT molecular complexity index is 523. The van der Waals surface area contributed by atoms with E-state index in [1.54, 1.807) is 6.07 Å². The smallest absolute Gasteiger partial charge is 0.337 e. The van der Waals surface area contributed by atoms with Crippen molar-refractivity contribution in [3.05, 3.63) is 28.2 Å². The molecule has 0 fully saturated rings. The van der Waals surface area contributed by atoms with Gasteiger partial charge in [0.05, 0.1) is 17.8 Å². The summed E-state index contributed by atoms with van der Waals surface area (Å²) < 4.78 is 0.620. The Morgan fingerprint density at radius 3 is 2.78 bits per heavy atom. The van der Waals surface area contributed by atoms with E-state index in [1.807, 2.05) is 0 Å². The highest BCUT2D eigenvalue weighted by atomic mass is 79.9. The van der Waals surface area contributed by atoms with Crippen LogP contribution in [0.3, 0.4) is 0 Å². The Labute approximate surface area is 113 Å². The Morgan fingerprint density at radius 1 is 1.56 bits per heavy atom. The van der Waals surface area contributed by atoms with Crippen LogP contribution >= 0.6 is 15.9 Å². The van der Waals surface area contributed by atoms with Crippen molar-refractivity contribution in [1.82, 2.24) is 4.90 Å². The first kappa shape index (κ1) is 14.1. The summed E-state index contributed by atoms with van der Waals surface area (Å²) in [5.41, 5.74) is 0.228. The van der Waals surface area contributed by atoms with Crippen LogP contribution in [0, 0.1) is 12.3 Å². The van der Waals surface area contributed by atoms with Crippen molar-refractivity contribution in [2.45, 2.75) is 0 Å². The lowest BCUT2D eigenvalue weighted by atomic mass is 10.2. The summed E-state index contributed by atoms with van der Waals surface area (Å²) in [6.07, 6.45) is 5.09. The SMILES string of the molecule is C#CCN(C)C(=O)Nc1ccc(Br)cc1C(=O)O. The van der Waals surface area contributed by atoms with Gasteiger partial charge in [0.25, 0.3) is 0 Å². The van der Waals surface area contributed by atoms with Crippen LogP contribution in [0.2, 0.25) is 0 Å². The predicted octanol–water partition coefficient (Wildman–Crippen LogP) is 2.24. The fraction of sp³-hybridized carbons (Fsp3) is 0.167. The van der Waals surface area contributed by atoms with Crippen molar-refractivity contribution >= 4 is 33.6 Å². The molecule has 1 aromatic carbocycles. The van der Waals surface area contributed by atoms with Crippen molar-refractivity contribution in [3.8, 4) is 12.3 Å². The van der Waals surface area contributed by atoms with Gasteiger partial charge in [0.1, 0.15) is 0 Å². The molecule has 94 valence electrons. The number of nitrogens with zero attached hydrogens (tertiary/aromatic N) is 1. The van der Waals surface area contributed by atoms with Crippen LogP contribution in [0.5, 0.6) is 0 Å². The fourth-order valence-electron chi connectivity index (χ4n) is 1.22. The third-order valence-electron chi connectivity index (χ3n) is 2.13. The summed E-state index contributed by atoms with van der Waals surface area (Å²) in [4.78, 5) is 24.0. The third kappa shape index (κ3) is 3.50. The average Bonchev–Trinajstić information content (AvgIpc) is 2.31. The number of hydrogen-bond donors (Lipinski definition) is 2. The van der Waals surface area contributed by atoms with E-state index in [2.05, 4.69) is 27.2 Å². The number of aromatic carboxylic acids is 1. The van der Waals surface area contributed by atoms with Crippen LogP contribution in [0.15, 0.2) is 22.7 Å². The molecule has 0 heterocycles. The molecule has 0 spiro atoms. The topological polar surface area (TPSA) is 69.6 Å². The number of carboxylic acid groups (broad SMARTS) is 1. The molecule has 0 radical (unpaired) electrons. The van der Waals surface area contributed by atoms with Crippen LogP contribution in [0.1, 0.15) is 10.4 Å². The predicted molar refractivity (Wildman–Crippen MR) is 71.6 cm³/mol. The molecule has 0 aliphatic carbocycles. The molecule has 0 bridgehead atoms. The number of carbonyl (C=O) groups is 2.